The highest BCUT2D eigenvalue weighted by Gasteiger charge is 2.58. The van der Waals surface area contributed by atoms with Crippen molar-refractivity contribution < 1.29 is 4.79 Å². The van der Waals surface area contributed by atoms with E-state index in [9.17, 15) is 4.79 Å². The van der Waals surface area contributed by atoms with E-state index in [0.29, 0.717) is 17.8 Å². The summed E-state index contributed by atoms with van der Waals surface area (Å²) in [6, 6.07) is 10.5. The fourth-order valence-corrected chi connectivity index (χ4v) is 3.14. The van der Waals surface area contributed by atoms with Crippen LogP contribution in [-0.4, -0.2) is 30.9 Å². The van der Waals surface area contributed by atoms with Crippen LogP contribution in [0.5, 0.6) is 0 Å². The van der Waals surface area contributed by atoms with Crippen LogP contribution in [0.3, 0.4) is 0 Å². The van der Waals surface area contributed by atoms with Crippen LogP contribution >= 0.6 is 0 Å². The van der Waals surface area contributed by atoms with E-state index in [1.807, 2.05) is 6.07 Å². The number of amides is 1. The minimum absolute atomic E-state index is 0.236. The monoisotopic (exact) mass is 230 g/mol. The van der Waals surface area contributed by atoms with Crippen molar-refractivity contribution in [3.8, 4) is 0 Å². The van der Waals surface area contributed by atoms with Crippen molar-refractivity contribution >= 4 is 5.91 Å². The van der Waals surface area contributed by atoms with E-state index in [4.69, 9.17) is 0 Å². The summed E-state index contributed by atoms with van der Waals surface area (Å²) in [7, 11) is 1.73. The Balaban J connectivity index is 1.54. The van der Waals surface area contributed by atoms with Gasteiger partial charge in [0.15, 0.2) is 0 Å². The van der Waals surface area contributed by atoms with Gasteiger partial charge in [-0.3, -0.25) is 9.69 Å². The fourth-order valence-electron chi connectivity index (χ4n) is 3.14. The van der Waals surface area contributed by atoms with Gasteiger partial charge in [0.2, 0.25) is 5.91 Å². The molecule has 1 aromatic rings. The molecule has 3 rings (SSSR count). The lowest BCUT2D eigenvalue weighted by molar-refractivity contribution is -0.122. The third-order valence-corrected chi connectivity index (χ3v) is 4.07. The molecule has 1 saturated heterocycles. The fraction of sp³-hybridized carbons (Fsp3) is 0.500. The van der Waals surface area contributed by atoms with Crippen LogP contribution in [0.4, 0.5) is 0 Å². The maximum atomic E-state index is 11.5. The number of nitrogens with zero attached hydrogens (tertiary/aromatic N) is 1. The van der Waals surface area contributed by atoms with Gasteiger partial charge in [-0.25, -0.2) is 0 Å². The number of nitrogens with one attached hydrogen (secondary N) is 1. The van der Waals surface area contributed by atoms with Gasteiger partial charge in [0.25, 0.3) is 0 Å². The summed E-state index contributed by atoms with van der Waals surface area (Å²) < 4.78 is 0. The van der Waals surface area contributed by atoms with Crippen molar-refractivity contribution in [1.82, 2.24) is 10.2 Å². The van der Waals surface area contributed by atoms with Crippen molar-refractivity contribution in [1.29, 1.82) is 0 Å². The molecule has 1 aliphatic carbocycles. The first-order chi connectivity index (χ1) is 8.29. The second-order valence-electron chi connectivity index (χ2n) is 5.15. The van der Waals surface area contributed by atoms with Gasteiger partial charge in [0.05, 0.1) is 0 Å². The summed E-state index contributed by atoms with van der Waals surface area (Å²) in [6.07, 6.45) is 0. The van der Waals surface area contributed by atoms with E-state index >= 15 is 0 Å². The zero-order chi connectivity index (χ0) is 11.8. The number of piperidine rings is 1. The summed E-state index contributed by atoms with van der Waals surface area (Å²) in [5.74, 6) is 1.75. The molecule has 3 atom stereocenters. The number of carbonyl (C=O) groups is 1. The van der Waals surface area contributed by atoms with Crippen molar-refractivity contribution in [3.63, 3.8) is 0 Å². The maximum absolute atomic E-state index is 11.5. The van der Waals surface area contributed by atoms with Gasteiger partial charge in [0, 0.05) is 32.6 Å². The van der Waals surface area contributed by atoms with Crippen LogP contribution in [-0.2, 0) is 11.3 Å². The lowest BCUT2D eigenvalue weighted by Gasteiger charge is -2.19. The maximum Gasteiger partial charge on any atom is 0.223 e. The molecule has 0 bridgehead atoms. The number of fused-ring (bicyclic) bond motifs is 1. The zero-order valence-corrected chi connectivity index (χ0v) is 10.1. The SMILES string of the molecule is CNC(=O)C1[C@H]2CN(Cc3ccccc3)C[C@@H]12. The van der Waals surface area contributed by atoms with Crippen molar-refractivity contribution in [2.45, 2.75) is 6.54 Å². The molecule has 3 heteroatoms. The van der Waals surface area contributed by atoms with Crippen molar-refractivity contribution in [2.75, 3.05) is 20.1 Å². The molecular weight excluding hydrogens is 212 g/mol. The van der Waals surface area contributed by atoms with E-state index in [1.54, 1.807) is 7.05 Å². The van der Waals surface area contributed by atoms with E-state index in [0.717, 1.165) is 19.6 Å². The highest BCUT2D eigenvalue weighted by Crippen LogP contribution is 2.51. The quantitative estimate of drug-likeness (QED) is 0.843. The summed E-state index contributed by atoms with van der Waals surface area (Å²) in [6.45, 7) is 3.18. The average molecular weight is 230 g/mol. The number of hydrogen-bond donors (Lipinski definition) is 1. The first kappa shape index (κ1) is 10.8. The third-order valence-electron chi connectivity index (χ3n) is 4.07. The largest absolute Gasteiger partial charge is 0.359 e. The first-order valence-electron chi connectivity index (χ1n) is 6.27. The van der Waals surface area contributed by atoms with E-state index in [-0.39, 0.29) is 5.91 Å². The van der Waals surface area contributed by atoms with Gasteiger partial charge >= 0.3 is 0 Å². The van der Waals surface area contributed by atoms with Gasteiger partial charge in [-0.1, -0.05) is 30.3 Å². The molecule has 1 aromatic carbocycles. The Labute approximate surface area is 102 Å². The molecule has 0 aromatic heterocycles. The van der Waals surface area contributed by atoms with Crippen LogP contribution in [0.25, 0.3) is 0 Å². The normalized spacial score (nSPS) is 31.0. The molecule has 1 saturated carbocycles. The highest BCUT2D eigenvalue weighted by atomic mass is 16.2. The molecule has 2 fully saturated rings. The summed E-state index contributed by atoms with van der Waals surface area (Å²) >= 11 is 0. The van der Waals surface area contributed by atoms with E-state index in [2.05, 4.69) is 34.5 Å². The molecule has 2 aliphatic rings. The third kappa shape index (κ3) is 1.95. The van der Waals surface area contributed by atoms with Gasteiger partial charge in [0.1, 0.15) is 0 Å². The van der Waals surface area contributed by atoms with Crippen molar-refractivity contribution in [2.24, 2.45) is 17.8 Å². The Kier molecular flexibility index (Phi) is 2.63. The molecule has 1 aliphatic heterocycles. The van der Waals surface area contributed by atoms with E-state index in [1.165, 1.54) is 5.56 Å². The molecule has 3 nitrogen and oxygen atoms in total. The Bertz CT molecular complexity index is 405. The lowest BCUT2D eigenvalue weighted by atomic mass is 10.2. The van der Waals surface area contributed by atoms with Gasteiger partial charge in [-0.15, -0.1) is 0 Å². The van der Waals surface area contributed by atoms with Crippen LogP contribution in [0.1, 0.15) is 5.56 Å². The Morgan fingerprint density at radius 2 is 1.94 bits per heavy atom. The van der Waals surface area contributed by atoms with Crippen LogP contribution < -0.4 is 5.32 Å². The molecule has 1 unspecified atom stereocenters. The standard InChI is InChI=1S/C14H18N2O/c1-15-14(17)13-11-8-16(9-12(11)13)7-10-5-3-2-4-6-10/h2-6,11-13H,7-9H2,1H3,(H,15,17)/t11-,12+,13?. The summed E-state index contributed by atoms with van der Waals surface area (Å²) in [5, 5.41) is 2.76. The average Bonchev–Trinajstić information content (AvgIpc) is 2.86. The number of carbonyl (C=O) groups excluding carboxylic acids is 1. The first-order valence-corrected chi connectivity index (χ1v) is 6.27. The predicted molar refractivity (Wildman–Crippen MR) is 66.3 cm³/mol. The molecule has 17 heavy (non-hydrogen) atoms. The summed E-state index contributed by atoms with van der Waals surface area (Å²) in [5.41, 5.74) is 1.37. The van der Waals surface area contributed by atoms with Crippen molar-refractivity contribution in [3.05, 3.63) is 35.9 Å². The highest BCUT2D eigenvalue weighted by molar-refractivity contribution is 5.82. The molecular formula is C14H18N2O. The minimum Gasteiger partial charge on any atom is -0.359 e. The molecule has 1 heterocycles. The minimum atomic E-state index is 0.236. The van der Waals surface area contributed by atoms with Crippen LogP contribution in [0.15, 0.2) is 30.3 Å². The van der Waals surface area contributed by atoms with Gasteiger partial charge in [-0.2, -0.15) is 0 Å². The second-order valence-corrected chi connectivity index (χ2v) is 5.15. The number of benzene rings is 1. The topological polar surface area (TPSA) is 32.3 Å². The number of hydrogen-bond acceptors (Lipinski definition) is 2. The molecule has 0 spiro atoms. The Morgan fingerprint density at radius 1 is 1.29 bits per heavy atom. The number of likely N-dealkylation sites (tertiary alicyclic amines) is 1. The molecule has 0 radical (unpaired) electrons. The Hall–Kier alpha value is -1.35. The summed E-state index contributed by atoms with van der Waals surface area (Å²) in [4.78, 5) is 14.0. The molecule has 1 N–H and O–H groups in total. The van der Waals surface area contributed by atoms with E-state index < -0.39 is 0 Å². The second kappa shape index (κ2) is 4.15. The zero-order valence-electron chi connectivity index (χ0n) is 10.1. The van der Waals surface area contributed by atoms with Gasteiger partial charge < -0.3 is 5.32 Å². The number of rotatable bonds is 3. The van der Waals surface area contributed by atoms with Crippen LogP contribution in [0, 0.1) is 17.8 Å². The van der Waals surface area contributed by atoms with Crippen LogP contribution in [0.2, 0.25) is 0 Å². The molecule has 1 amide bonds. The smallest absolute Gasteiger partial charge is 0.223 e. The predicted octanol–water partition coefficient (Wildman–Crippen LogP) is 1.11. The van der Waals surface area contributed by atoms with Gasteiger partial charge in [-0.05, 0) is 17.4 Å². The lowest BCUT2D eigenvalue weighted by Crippen LogP contribution is -2.29. The Morgan fingerprint density at radius 3 is 2.53 bits per heavy atom. The molecule has 90 valence electrons.